The maximum absolute atomic E-state index is 14.0. The van der Waals surface area contributed by atoms with Gasteiger partial charge in [0.2, 0.25) is 0 Å². The summed E-state index contributed by atoms with van der Waals surface area (Å²) in [6.07, 6.45) is -0.591. The molecular formula is C24H35N2O5P. The molecule has 2 aromatic carbocycles. The molecule has 0 heterocycles. The van der Waals surface area contributed by atoms with Crippen LogP contribution in [0.1, 0.15) is 56.3 Å². The van der Waals surface area contributed by atoms with Gasteiger partial charge >= 0.3 is 13.6 Å². The topological polar surface area (TPSA) is 77.1 Å². The van der Waals surface area contributed by atoms with Gasteiger partial charge in [0, 0.05) is 25.5 Å². The van der Waals surface area contributed by atoms with E-state index in [4.69, 9.17) is 13.8 Å². The molecule has 1 atom stereocenters. The Hall–Kier alpha value is -2.34. The number of ether oxygens (including phenoxy) is 1. The van der Waals surface area contributed by atoms with Crippen molar-refractivity contribution in [2.24, 2.45) is 0 Å². The fraction of sp³-hybridized carbons (Fsp3) is 0.458. The van der Waals surface area contributed by atoms with Crippen LogP contribution in [0.4, 0.5) is 11.4 Å². The highest BCUT2D eigenvalue weighted by atomic mass is 31.2. The number of nitrogens with one attached hydrogen (secondary N) is 1. The number of rotatable bonds is 11. The normalized spacial score (nSPS) is 12.7. The maximum atomic E-state index is 14.0. The van der Waals surface area contributed by atoms with Gasteiger partial charge in [0.25, 0.3) is 0 Å². The van der Waals surface area contributed by atoms with Gasteiger partial charge in [-0.15, -0.1) is 0 Å². The van der Waals surface area contributed by atoms with Gasteiger partial charge in [-0.2, -0.15) is 0 Å². The zero-order valence-electron chi connectivity index (χ0n) is 20.0. The quantitative estimate of drug-likeness (QED) is 0.320. The van der Waals surface area contributed by atoms with Crippen LogP contribution in [0.25, 0.3) is 0 Å². The Labute approximate surface area is 191 Å². The summed E-state index contributed by atoms with van der Waals surface area (Å²) in [4.78, 5) is 14.0. The number of benzene rings is 2. The van der Waals surface area contributed by atoms with Gasteiger partial charge in [-0.25, -0.2) is 4.79 Å². The molecule has 1 N–H and O–H groups in total. The van der Waals surface area contributed by atoms with Gasteiger partial charge < -0.3 is 24.0 Å². The van der Waals surface area contributed by atoms with Crippen molar-refractivity contribution < 1.29 is 23.1 Å². The minimum Gasteiger partial charge on any atom is -0.462 e. The Balaban J connectivity index is 2.45. The van der Waals surface area contributed by atoms with E-state index in [-0.39, 0.29) is 18.2 Å². The van der Waals surface area contributed by atoms with Crippen LogP contribution in [0, 0.1) is 0 Å². The molecule has 0 aromatic heterocycles. The summed E-state index contributed by atoms with van der Waals surface area (Å²) in [6.45, 7) is 9.40. The molecule has 0 aliphatic carbocycles. The summed E-state index contributed by atoms with van der Waals surface area (Å²) in [5.41, 5.74) is 2.93. The average molecular weight is 463 g/mol. The van der Waals surface area contributed by atoms with E-state index >= 15 is 0 Å². The highest BCUT2D eigenvalue weighted by Crippen LogP contribution is 2.62. The van der Waals surface area contributed by atoms with Crippen LogP contribution in [-0.2, 0) is 18.3 Å². The third kappa shape index (κ3) is 7.09. The summed E-state index contributed by atoms with van der Waals surface area (Å²) >= 11 is 0. The lowest BCUT2D eigenvalue weighted by Crippen LogP contribution is -2.19. The molecule has 0 bridgehead atoms. The number of carbonyl (C=O) groups excluding carboxylic acids is 1. The van der Waals surface area contributed by atoms with Gasteiger partial charge in [-0.05, 0) is 76.6 Å². The molecule has 176 valence electrons. The second-order valence-electron chi connectivity index (χ2n) is 8.18. The Kier molecular flexibility index (Phi) is 9.32. The van der Waals surface area contributed by atoms with E-state index in [9.17, 15) is 9.36 Å². The van der Waals surface area contributed by atoms with E-state index in [1.54, 1.807) is 31.2 Å². The van der Waals surface area contributed by atoms with Gasteiger partial charge in [0.15, 0.2) is 5.78 Å². The first-order chi connectivity index (χ1) is 15.1. The Morgan fingerprint density at radius 3 is 1.91 bits per heavy atom. The Bertz CT molecular complexity index is 897. The second-order valence-corrected chi connectivity index (χ2v) is 10.2. The molecule has 7 nitrogen and oxygen atoms in total. The van der Waals surface area contributed by atoms with E-state index in [1.807, 2.05) is 71.0 Å². The molecule has 0 fully saturated rings. The molecule has 0 aliphatic heterocycles. The molecular weight excluding hydrogens is 427 g/mol. The van der Waals surface area contributed by atoms with Crippen LogP contribution in [0.15, 0.2) is 48.5 Å². The lowest BCUT2D eigenvalue weighted by atomic mass is 10.1. The van der Waals surface area contributed by atoms with Crippen molar-refractivity contribution in [3.8, 4) is 0 Å². The smallest absolute Gasteiger partial charge is 0.357 e. The van der Waals surface area contributed by atoms with E-state index in [2.05, 4.69) is 5.32 Å². The van der Waals surface area contributed by atoms with Gasteiger partial charge in [0.05, 0.1) is 24.4 Å². The number of anilines is 2. The highest BCUT2D eigenvalue weighted by molar-refractivity contribution is 7.54. The molecule has 32 heavy (non-hydrogen) atoms. The molecule has 0 radical (unpaired) electrons. The van der Waals surface area contributed by atoms with Crippen molar-refractivity contribution in [1.82, 2.24) is 0 Å². The largest absolute Gasteiger partial charge is 0.462 e. The summed E-state index contributed by atoms with van der Waals surface area (Å²) in [5, 5.41) is 3.31. The summed E-state index contributed by atoms with van der Waals surface area (Å²) in [5.74, 6) is -1.12. The zero-order chi connectivity index (χ0) is 23.9. The summed E-state index contributed by atoms with van der Waals surface area (Å²) in [6, 6.07) is 14.6. The fourth-order valence-electron chi connectivity index (χ4n) is 3.11. The first-order valence-electron chi connectivity index (χ1n) is 10.8. The molecule has 0 saturated carbocycles. The summed E-state index contributed by atoms with van der Waals surface area (Å²) in [7, 11) is 0.300. The molecule has 0 amide bonds. The predicted molar refractivity (Wildman–Crippen MR) is 130 cm³/mol. The fourth-order valence-corrected chi connectivity index (χ4v) is 5.42. The number of esters is 1. The SMILES string of the molecule is CCOC(=O)c1ccc(N[C@@H](c2ccc(N(C)C)cc2)P(=O)(OC(C)C)OC(C)C)cc1. The van der Waals surface area contributed by atoms with Crippen molar-refractivity contribution in [2.75, 3.05) is 30.9 Å². The van der Waals surface area contributed by atoms with Gasteiger partial charge in [-0.1, -0.05) is 12.1 Å². The number of nitrogens with zero attached hydrogens (tertiary/aromatic N) is 1. The van der Waals surface area contributed by atoms with Crippen molar-refractivity contribution in [2.45, 2.75) is 52.6 Å². The van der Waals surface area contributed by atoms with Crippen LogP contribution in [0.3, 0.4) is 0 Å². The number of hydrogen-bond acceptors (Lipinski definition) is 7. The Morgan fingerprint density at radius 1 is 0.938 bits per heavy atom. The third-order valence-corrected chi connectivity index (χ3v) is 6.95. The monoisotopic (exact) mass is 462 g/mol. The van der Waals surface area contributed by atoms with Crippen molar-refractivity contribution in [1.29, 1.82) is 0 Å². The lowest BCUT2D eigenvalue weighted by molar-refractivity contribution is 0.0526. The maximum Gasteiger partial charge on any atom is 0.357 e. The lowest BCUT2D eigenvalue weighted by Gasteiger charge is -2.31. The number of carbonyl (C=O) groups is 1. The second kappa shape index (κ2) is 11.5. The molecule has 0 spiro atoms. The highest BCUT2D eigenvalue weighted by Gasteiger charge is 2.39. The molecule has 2 aromatic rings. The summed E-state index contributed by atoms with van der Waals surface area (Å²) < 4.78 is 30.9. The van der Waals surface area contributed by atoms with Crippen LogP contribution < -0.4 is 10.2 Å². The van der Waals surface area contributed by atoms with E-state index in [1.165, 1.54) is 0 Å². The van der Waals surface area contributed by atoms with Crippen LogP contribution >= 0.6 is 7.60 Å². The van der Waals surface area contributed by atoms with Gasteiger partial charge in [0.1, 0.15) is 0 Å². The Morgan fingerprint density at radius 2 is 1.47 bits per heavy atom. The van der Waals surface area contributed by atoms with Crippen LogP contribution in [0.5, 0.6) is 0 Å². The van der Waals surface area contributed by atoms with Crippen LogP contribution in [0.2, 0.25) is 0 Å². The first kappa shape index (κ1) is 25.9. The minimum atomic E-state index is -3.63. The van der Waals surface area contributed by atoms with Crippen molar-refractivity contribution in [3.63, 3.8) is 0 Å². The number of hydrogen-bond donors (Lipinski definition) is 1. The molecule has 0 unspecified atom stereocenters. The minimum absolute atomic E-state index is 0.295. The standard InChI is InChI=1S/C24H35N2O5P/c1-8-29-24(27)20-9-13-21(14-10-20)25-23(19-11-15-22(16-12-19)26(6)7)32(28,30-17(2)3)31-18(4)5/h9-18,23,25H,8H2,1-7H3/t23-/m1/s1. The molecule has 8 heteroatoms. The van der Waals surface area contributed by atoms with Crippen molar-refractivity contribution in [3.05, 3.63) is 59.7 Å². The average Bonchev–Trinajstić information content (AvgIpc) is 2.71. The van der Waals surface area contributed by atoms with E-state index in [0.29, 0.717) is 17.9 Å². The zero-order valence-corrected chi connectivity index (χ0v) is 20.9. The molecule has 2 rings (SSSR count). The van der Waals surface area contributed by atoms with E-state index in [0.717, 1.165) is 11.3 Å². The van der Waals surface area contributed by atoms with Crippen molar-refractivity contribution >= 4 is 24.9 Å². The molecule has 0 aliphatic rings. The molecule has 0 saturated heterocycles. The third-order valence-electron chi connectivity index (χ3n) is 4.46. The predicted octanol–water partition coefficient (Wildman–Crippen LogP) is 6.08. The first-order valence-corrected chi connectivity index (χ1v) is 12.4. The van der Waals surface area contributed by atoms with E-state index < -0.39 is 13.4 Å². The van der Waals surface area contributed by atoms with Crippen LogP contribution in [-0.4, -0.2) is 38.9 Å². The van der Waals surface area contributed by atoms with Gasteiger partial charge in [-0.3, -0.25) is 4.57 Å².